The molecule has 0 unspecified atom stereocenters. The maximum Gasteiger partial charge on any atom is 0.227 e. The number of fused-ring (bicyclic) bond motifs is 1. The van der Waals surface area contributed by atoms with E-state index in [1.807, 2.05) is 47.5 Å². The Balaban J connectivity index is 1.33. The number of benzene rings is 1. The molecule has 0 N–H and O–H groups in total. The average Bonchev–Trinajstić information content (AvgIpc) is 2.93. The van der Waals surface area contributed by atoms with Crippen LogP contribution in [0.1, 0.15) is 11.3 Å². The summed E-state index contributed by atoms with van der Waals surface area (Å²) in [7, 11) is 0. The van der Waals surface area contributed by atoms with Gasteiger partial charge in [0.05, 0.1) is 12.1 Å². The molecule has 0 aliphatic carbocycles. The van der Waals surface area contributed by atoms with E-state index < -0.39 is 0 Å². The first kappa shape index (κ1) is 15.6. The summed E-state index contributed by atoms with van der Waals surface area (Å²) in [6.07, 6.45) is 2.29. The predicted octanol–water partition coefficient (Wildman–Crippen LogP) is 2.62. The van der Waals surface area contributed by atoms with Gasteiger partial charge in [0.15, 0.2) is 0 Å². The Morgan fingerprint density at radius 2 is 1.96 bits per heavy atom. The highest BCUT2D eigenvalue weighted by atomic mass is 35.5. The lowest BCUT2D eigenvalue weighted by Crippen LogP contribution is -2.54. The van der Waals surface area contributed by atoms with Gasteiger partial charge in [-0.2, -0.15) is 0 Å². The molecule has 3 heterocycles. The fourth-order valence-corrected chi connectivity index (χ4v) is 3.85. The Labute approximate surface area is 147 Å². The molecule has 4 nitrogen and oxygen atoms in total. The van der Waals surface area contributed by atoms with E-state index in [0.717, 1.165) is 37.4 Å². The van der Waals surface area contributed by atoms with Crippen molar-refractivity contribution in [3.8, 4) is 0 Å². The highest BCUT2D eigenvalue weighted by molar-refractivity contribution is 6.30. The van der Waals surface area contributed by atoms with Crippen molar-refractivity contribution in [3.63, 3.8) is 0 Å². The van der Waals surface area contributed by atoms with Crippen molar-refractivity contribution in [1.82, 2.24) is 14.8 Å². The maximum absolute atomic E-state index is 12.5. The monoisotopic (exact) mass is 341 g/mol. The molecule has 5 heteroatoms. The minimum atomic E-state index is 0.213. The molecule has 0 radical (unpaired) electrons. The van der Waals surface area contributed by atoms with Crippen molar-refractivity contribution >= 4 is 17.5 Å². The van der Waals surface area contributed by atoms with Gasteiger partial charge in [0.1, 0.15) is 0 Å². The van der Waals surface area contributed by atoms with E-state index in [-0.39, 0.29) is 5.91 Å². The van der Waals surface area contributed by atoms with Gasteiger partial charge in [0.2, 0.25) is 5.91 Å². The molecular weight excluding hydrogens is 322 g/mol. The number of hydrogen-bond donors (Lipinski definition) is 0. The van der Waals surface area contributed by atoms with Gasteiger partial charge in [-0.15, -0.1) is 0 Å². The third-order valence-electron chi connectivity index (χ3n) is 5.06. The van der Waals surface area contributed by atoms with Crippen molar-refractivity contribution < 1.29 is 4.79 Å². The largest absolute Gasteiger partial charge is 0.340 e. The summed E-state index contributed by atoms with van der Waals surface area (Å²) >= 11 is 5.90. The van der Waals surface area contributed by atoms with Gasteiger partial charge in [-0.1, -0.05) is 29.8 Å². The second-order valence-electron chi connectivity index (χ2n) is 6.68. The normalized spacial score (nSPS) is 23.0. The Kier molecular flexibility index (Phi) is 4.25. The third kappa shape index (κ3) is 3.17. The molecule has 2 aliphatic rings. The highest BCUT2D eigenvalue weighted by Gasteiger charge is 2.46. The van der Waals surface area contributed by atoms with Crippen LogP contribution in [0.25, 0.3) is 0 Å². The molecule has 24 heavy (non-hydrogen) atoms. The summed E-state index contributed by atoms with van der Waals surface area (Å²) in [6, 6.07) is 14.0. The number of carbonyl (C=O) groups is 1. The van der Waals surface area contributed by atoms with E-state index in [1.165, 1.54) is 0 Å². The summed E-state index contributed by atoms with van der Waals surface area (Å²) < 4.78 is 0. The molecule has 1 aromatic carbocycles. The van der Waals surface area contributed by atoms with Crippen LogP contribution >= 0.6 is 11.6 Å². The number of amides is 1. The number of halogens is 1. The van der Waals surface area contributed by atoms with E-state index >= 15 is 0 Å². The first-order valence-electron chi connectivity index (χ1n) is 8.35. The summed E-state index contributed by atoms with van der Waals surface area (Å²) in [4.78, 5) is 21.4. The zero-order chi connectivity index (χ0) is 16.5. The van der Waals surface area contributed by atoms with Crippen LogP contribution in [0.5, 0.6) is 0 Å². The lowest BCUT2D eigenvalue weighted by molar-refractivity contribution is -0.129. The molecule has 4 rings (SSSR count). The first-order valence-corrected chi connectivity index (χ1v) is 8.73. The molecule has 2 saturated heterocycles. The minimum absolute atomic E-state index is 0.213. The molecule has 2 atom stereocenters. The van der Waals surface area contributed by atoms with Crippen LogP contribution in [0.2, 0.25) is 5.02 Å². The van der Waals surface area contributed by atoms with Gasteiger partial charge in [0, 0.05) is 49.4 Å². The van der Waals surface area contributed by atoms with Crippen molar-refractivity contribution in [2.75, 3.05) is 19.6 Å². The summed E-state index contributed by atoms with van der Waals surface area (Å²) in [5.74, 6) is 0.826. The molecule has 0 bridgehead atoms. The maximum atomic E-state index is 12.5. The number of carbonyl (C=O) groups excluding carboxylic acids is 1. The third-order valence-corrected chi connectivity index (χ3v) is 5.31. The van der Waals surface area contributed by atoms with Gasteiger partial charge < -0.3 is 4.90 Å². The lowest BCUT2D eigenvalue weighted by atomic mass is 9.92. The van der Waals surface area contributed by atoms with Crippen LogP contribution in [-0.4, -0.2) is 46.4 Å². The molecule has 1 aromatic heterocycles. The Hall–Kier alpha value is -1.91. The smallest absolute Gasteiger partial charge is 0.227 e. The van der Waals surface area contributed by atoms with Gasteiger partial charge in [-0.05, 0) is 29.8 Å². The highest BCUT2D eigenvalue weighted by Crippen LogP contribution is 2.33. The van der Waals surface area contributed by atoms with E-state index in [4.69, 9.17) is 11.6 Å². The number of pyridine rings is 1. The molecule has 124 valence electrons. The number of nitrogens with zero attached hydrogens (tertiary/aromatic N) is 3. The molecule has 0 spiro atoms. The lowest BCUT2D eigenvalue weighted by Gasteiger charge is -2.43. The second kappa shape index (κ2) is 6.54. The van der Waals surface area contributed by atoms with Gasteiger partial charge in [-0.3, -0.25) is 14.7 Å². The van der Waals surface area contributed by atoms with Crippen LogP contribution in [-0.2, 0) is 17.8 Å². The van der Waals surface area contributed by atoms with Crippen molar-refractivity contribution in [2.24, 2.45) is 5.92 Å². The fourth-order valence-electron chi connectivity index (χ4n) is 3.72. The molecular formula is C19H20ClN3O. The number of hydrogen-bond acceptors (Lipinski definition) is 3. The van der Waals surface area contributed by atoms with Crippen LogP contribution in [0.3, 0.4) is 0 Å². The zero-order valence-corrected chi connectivity index (χ0v) is 14.2. The molecule has 2 aliphatic heterocycles. The number of likely N-dealkylation sites (tertiary alicyclic amines) is 2. The second-order valence-corrected chi connectivity index (χ2v) is 7.12. The van der Waals surface area contributed by atoms with E-state index in [1.54, 1.807) is 0 Å². The summed E-state index contributed by atoms with van der Waals surface area (Å²) in [5.41, 5.74) is 2.12. The Morgan fingerprint density at radius 3 is 2.71 bits per heavy atom. The van der Waals surface area contributed by atoms with Crippen LogP contribution in [0.15, 0.2) is 48.7 Å². The first-order chi connectivity index (χ1) is 11.7. The van der Waals surface area contributed by atoms with Crippen LogP contribution < -0.4 is 0 Å². The fraction of sp³-hybridized carbons (Fsp3) is 0.368. The van der Waals surface area contributed by atoms with Crippen LogP contribution in [0.4, 0.5) is 0 Å². The number of aromatic nitrogens is 1. The minimum Gasteiger partial charge on any atom is -0.340 e. The summed E-state index contributed by atoms with van der Waals surface area (Å²) in [5, 5.41) is 0.704. The van der Waals surface area contributed by atoms with E-state index in [2.05, 4.69) is 16.0 Å². The molecule has 0 saturated carbocycles. The van der Waals surface area contributed by atoms with Crippen molar-refractivity contribution in [1.29, 1.82) is 0 Å². The van der Waals surface area contributed by atoms with Crippen molar-refractivity contribution in [2.45, 2.75) is 19.0 Å². The summed E-state index contributed by atoms with van der Waals surface area (Å²) in [6.45, 7) is 3.66. The quantitative estimate of drug-likeness (QED) is 0.857. The Bertz CT molecular complexity index is 719. The average molecular weight is 342 g/mol. The van der Waals surface area contributed by atoms with Crippen molar-refractivity contribution in [3.05, 3.63) is 64.9 Å². The predicted molar refractivity (Wildman–Crippen MR) is 93.7 cm³/mol. The SMILES string of the molecule is O=C(Cc1ccc(Cl)cc1)N1C[C@@H]2CN(Cc3ccccn3)[C@@H]2C1. The van der Waals surface area contributed by atoms with E-state index in [9.17, 15) is 4.79 Å². The standard InChI is InChI=1S/C19H20ClN3O/c20-16-6-4-14(5-7-16)9-19(24)23-11-15-10-22(18(15)13-23)12-17-3-1-2-8-21-17/h1-8,15,18H,9-13H2/t15-,18+/m0/s1. The van der Waals surface area contributed by atoms with Gasteiger partial charge >= 0.3 is 0 Å². The van der Waals surface area contributed by atoms with Gasteiger partial charge in [0.25, 0.3) is 0 Å². The molecule has 2 aromatic rings. The Morgan fingerprint density at radius 1 is 1.12 bits per heavy atom. The molecule has 2 fully saturated rings. The van der Waals surface area contributed by atoms with E-state index in [0.29, 0.717) is 23.4 Å². The molecule has 1 amide bonds. The zero-order valence-electron chi connectivity index (χ0n) is 13.4. The van der Waals surface area contributed by atoms with Gasteiger partial charge in [-0.25, -0.2) is 0 Å². The number of rotatable bonds is 4. The topological polar surface area (TPSA) is 36.4 Å². The van der Waals surface area contributed by atoms with Crippen LogP contribution in [0, 0.1) is 5.92 Å².